The van der Waals surface area contributed by atoms with E-state index in [4.69, 9.17) is 21.1 Å². The lowest BCUT2D eigenvalue weighted by molar-refractivity contribution is -0.200. The molecule has 0 spiro atoms. The second-order valence-corrected chi connectivity index (χ2v) is 2.85. The SMILES string of the molecule is C=C(Cl)C(=O)OC(C)(C)OC. The molecule has 0 saturated heterocycles. The second kappa shape index (κ2) is 3.74. The van der Waals surface area contributed by atoms with Crippen molar-refractivity contribution in [2.75, 3.05) is 7.11 Å². The topological polar surface area (TPSA) is 35.5 Å². The Kier molecular flexibility index (Phi) is 3.55. The van der Waals surface area contributed by atoms with Crippen molar-refractivity contribution in [3.63, 3.8) is 0 Å². The Morgan fingerprint density at radius 1 is 1.55 bits per heavy atom. The summed E-state index contributed by atoms with van der Waals surface area (Å²) >= 11 is 5.27. The molecular formula is C7H11ClO3. The van der Waals surface area contributed by atoms with E-state index < -0.39 is 11.8 Å². The van der Waals surface area contributed by atoms with Gasteiger partial charge in [-0.25, -0.2) is 4.79 Å². The zero-order chi connectivity index (χ0) is 9.07. The summed E-state index contributed by atoms with van der Waals surface area (Å²) in [5, 5.41) is -0.157. The van der Waals surface area contributed by atoms with Crippen LogP contribution < -0.4 is 0 Å². The monoisotopic (exact) mass is 178 g/mol. The standard InChI is InChI=1S/C7H11ClO3/c1-5(8)6(9)11-7(2,3)10-4/h1H2,2-4H3. The predicted molar refractivity (Wildman–Crippen MR) is 42.2 cm³/mol. The van der Waals surface area contributed by atoms with Gasteiger partial charge in [0, 0.05) is 21.0 Å². The Morgan fingerprint density at radius 3 is 2.27 bits per heavy atom. The van der Waals surface area contributed by atoms with Crippen LogP contribution in [0.5, 0.6) is 0 Å². The van der Waals surface area contributed by atoms with Crippen LogP contribution in [0.2, 0.25) is 0 Å². The van der Waals surface area contributed by atoms with Gasteiger partial charge in [0.2, 0.25) is 5.79 Å². The van der Waals surface area contributed by atoms with Crippen LogP contribution in [0.25, 0.3) is 0 Å². The van der Waals surface area contributed by atoms with E-state index in [0.717, 1.165) is 0 Å². The van der Waals surface area contributed by atoms with Gasteiger partial charge >= 0.3 is 5.97 Å². The van der Waals surface area contributed by atoms with Crippen molar-refractivity contribution in [1.29, 1.82) is 0 Å². The van der Waals surface area contributed by atoms with Crippen molar-refractivity contribution in [2.45, 2.75) is 19.6 Å². The summed E-state index contributed by atoms with van der Waals surface area (Å²) in [6.07, 6.45) is 0. The third-order valence-corrected chi connectivity index (χ3v) is 1.21. The Bertz CT molecular complexity index is 175. The summed E-state index contributed by atoms with van der Waals surface area (Å²) in [6.45, 7) is 6.41. The molecule has 0 atom stereocenters. The van der Waals surface area contributed by atoms with E-state index in [1.807, 2.05) is 0 Å². The Morgan fingerprint density at radius 2 is 2.00 bits per heavy atom. The lowest BCUT2D eigenvalue weighted by Gasteiger charge is -2.22. The second-order valence-electron chi connectivity index (χ2n) is 2.40. The van der Waals surface area contributed by atoms with E-state index in [9.17, 15) is 4.79 Å². The number of carbonyl (C=O) groups excluding carboxylic acids is 1. The van der Waals surface area contributed by atoms with Crippen molar-refractivity contribution in [3.05, 3.63) is 11.6 Å². The smallest absolute Gasteiger partial charge is 0.351 e. The third-order valence-electron chi connectivity index (χ3n) is 1.05. The van der Waals surface area contributed by atoms with Crippen LogP contribution in [0.1, 0.15) is 13.8 Å². The molecule has 4 heteroatoms. The fraction of sp³-hybridized carbons (Fsp3) is 0.571. The molecule has 0 fully saturated rings. The van der Waals surface area contributed by atoms with Gasteiger partial charge in [-0.15, -0.1) is 0 Å². The molecule has 0 rings (SSSR count). The minimum atomic E-state index is -0.949. The highest BCUT2D eigenvalue weighted by atomic mass is 35.5. The molecule has 0 aliphatic carbocycles. The van der Waals surface area contributed by atoms with Crippen LogP contribution in [0.15, 0.2) is 11.6 Å². The van der Waals surface area contributed by atoms with Gasteiger partial charge < -0.3 is 9.47 Å². The number of rotatable bonds is 3. The summed E-state index contributed by atoms with van der Waals surface area (Å²) in [7, 11) is 1.43. The van der Waals surface area contributed by atoms with Gasteiger partial charge in [0.25, 0.3) is 0 Å². The Balaban J connectivity index is 4.04. The van der Waals surface area contributed by atoms with E-state index in [1.165, 1.54) is 7.11 Å². The first kappa shape index (κ1) is 10.5. The maximum Gasteiger partial charge on any atom is 0.351 e. The van der Waals surface area contributed by atoms with Crippen molar-refractivity contribution >= 4 is 17.6 Å². The van der Waals surface area contributed by atoms with Gasteiger partial charge in [0.15, 0.2) is 0 Å². The highest BCUT2D eigenvalue weighted by Crippen LogP contribution is 2.13. The summed E-state index contributed by atoms with van der Waals surface area (Å²) in [5.41, 5.74) is 0. The van der Waals surface area contributed by atoms with Crippen molar-refractivity contribution in [3.8, 4) is 0 Å². The third kappa shape index (κ3) is 4.01. The van der Waals surface area contributed by atoms with Gasteiger partial charge in [-0.2, -0.15) is 0 Å². The van der Waals surface area contributed by atoms with Gasteiger partial charge in [-0.1, -0.05) is 18.2 Å². The summed E-state index contributed by atoms with van der Waals surface area (Å²) < 4.78 is 9.57. The Hall–Kier alpha value is -0.540. The highest BCUT2D eigenvalue weighted by molar-refractivity contribution is 6.40. The molecule has 0 bridgehead atoms. The van der Waals surface area contributed by atoms with Crippen LogP contribution >= 0.6 is 11.6 Å². The number of esters is 1. The molecule has 0 unspecified atom stereocenters. The molecule has 0 amide bonds. The summed E-state index contributed by atoms with van der Waals surface area (Å²) in [5.74, 6) is -1.62. The lowest BCUT2D eigenvalue weighted by Crippen LogP contribution is -2.29. The molecular weight excluding hydrogens is 168 g/mol. The molecule has 3 nitrogen and oxygen atoms in total. The average molecular weight is 179 g/mol. The molecule has 0 heterocycles. The fourth-order valence-corrected chi connectivity index (χ4v) is 0.359. The molecule has 0 radical (unpaired) electrons. The van der Waals surface area contributed by atoms with Gasteiger partial charge in [-0.3, -0.25) is 0 Å². The number of hydrogen-bond acceptors (Lipinski definition) is 3. The lowest BCUT2D eigenvalue weighted by atomic mass is 10.4. The Labute approximate surface area is 70.9 Å². The average Bonchev–Trinajstić information content (AvgIpc) is 1.87. The van der Waals surface area contributed by atoms with Gasteiger partial charge in [-0.05, 0) is 0 Å². The minimum Gasteiger partial charge on any atom is -0.429 e. The molecule has 11 heavy (non-hydrogen) atoms. The van der Waals surface area contributed by atoms with E-state index >= 15 is 0 Å². The molecule has 0 aliphatic rings. The number of methoxy groups -OCH3 is 1. The number of hydrogen-bond donors (Lipinski definition) is 0. The summed E-state index contributed by atoms with van der Waals surface area (Å²) in [6, 6.07) is 0. The van der Waals surface area contributed by atoms with Gasteiger partial charge in [0.1, 0.15) is 5.03 Å². The number of halogens is 1. The molecule has 0 aromatic rings. The molecule has 0 N–H and O–H groups in total. The molecule has 0 aromatic carbocycles. The number of carbonyl (C=O) groups is 1. The molecule has 64 valence electrons. The van der Waals surface area contributed by atoms with Crippen molar-refractivity contribution in [1.82, 2.24) is 0 Å². The maximum atomic E-state index is 10.8. The number of ether oxygens (including phenoxy) is 2. The molecule has 0 aromatic heterocycles. The quantitative estimate of drug-likeness (QED) is 0.375. The zero-order valence-electron chi connectivity index (χ0n) is 6.81. The first-order valence-electron chi connectivity index (χ1n) is 3.02. The van der Waals surface area contributed by atoms with Crippen LogP contribution in [-0.4, -0.2) is 18.9 Å². The van der Waals surface area contributed by atoms with Crippen LogP contribution in [-0.2, 0) is 14.3 Å². The fourth-order valence-electron chi connectivity index (χ4n) is 0.320. The minimum absolute atomic E-state index is 0.157. The van der Waals surface area contributed by atoms with Crippen LogP contribution in [0.3, 0.4) is 0 Å². The zero-order valence-corrected chi connectivity index (χ0v) is 7.57. The van der Waals surface area contributed by atoms with E-state index in [0.29, 0.717) is 0 Å². The van der Waals surface area contributed by atoms with Crippen LogP contribution in [0.4, 0.5) is 0 Å². The van der Waals surface area contributed by atoms with E-state index in [2.05, 4.69) is 6.58 Å². The van der Waals surface area contributed by atoms with E-state index in [-0.39, 0.29) is 5.03 Å². The first-order chi connectivity index (χ1) is 4.89. The molecule has 0 saturated carbocycles. The summed E-state index contributed by atoms with van der Waals surface area (Å²) in [4.78, 5) is 10.8. The maximum absolute atomic E-state index is 10.8. The van der Waals surface area contributed by atoms with Crippen molar-refractivity contribution in [2.24, 2.45) is 0 Å². The first-order valence-corrected chi connectivity index (χ1v) is 3.40. The van der Waals surface area contributed by atoms with E-state index in [1.54, 1.807) is 13.8 Å². The largest absolute Gasteiger partial charge is 0.429 e. The molecule has 0 aliphatic heterocycles. The van der Waals surface area contributed by atoms with Crippen molar-refractivity contribution < 1.29 is 14.3 Å². The highest BCUT2D eigenvalue weighted by Gasteiger charge is 2.22. The van der Waals surface area contributed by atoms with Crippen LogP contribution in [0, 0.1) is 0 Å². The normalized spacial score (nSPS) is 10.9. The van der Waals surface area contributed by atoms with Gasteiger partial charge in [0.05, 0.1) is 0 Å². The predicted octanol–water partition coefficient (Wildman–Crippen LogP) is 1.66.